The van der Waals surface area contributed by atoms with Gasteiger partial charge in [-0.3, -0.25) is 4.79 Å². The number of benzene rings is 1. The quantitative estimate of drug-likeness (QED) is 0.264. The molecule has 4 rings (SSSR count). The number of carbonyl (C=O) groups is 1. The van der Waals surface area contributed by atoms with Gasteiger partial charge in [0, 0.05) is 36.0 Å². The fourth-order valence-corrected chi connectivity index (χ4v) is 6.11. The smallest absolute Gasteiger partial charge is 0.164 e. The van der Waals surface area contributed by atoms with E-state index in [2.05, 4.69) is 28.2 Å². The molecule has 0 unspecified atom stereocenters. The highest BCUT2D eigenvalue weighted by Crippen LogP contribution is 2.34. The van der Waals surface area contributed by atoms with Crippen LogP contribution in [0.2, 0.25) is 0 Å². The topological polar surface area (TPSA) is 47.4 Å². The number of rotatable bonds is 10. The number of allylic oxidation sites excluding steroid dienone is 1. The van der Waals surface area contributed by atoms with Crippen LogP contribution in [-0.4, -0.2) is 47.0 Å². The van der Waals surface area contributed by atoms with Crippen LogP contribution in [0.1, 0.15) is 85.2 Å². The maximum atomic E-state index is 12.5. The van der Waals surface area contributed by atoms with Crippen molar-refractivity contribution in [1.29, 1.82) is 0 Å². The van der Waals surface area contributed by atoms with E-state index in [1.807, 2.05) is 69.5 Å². The van der Waals surface area contributed by atoms with Gasteiger partial charge < -0.3 is 14.2 Å². The number of Topliss-reactive ketones (excluding diaryl/α,β-unsaturated/α-hetero) is 1. The molecule has 2 aromatic heterocycles. The minimum Gasteiger partial charge on any atom is -0.495 e. The van der Waals surface area contributed by atoms with E-state index in [4.69, 9.17) is 9.72 Å². The van der Waals surface area contributed by atoms with E-state index >= 15 is 0 Å². The molecule has 1 saturated heterocycles. The van der Waals surface area contributed by atoms with Crippen LogP contribution in [-0.2, 0) is 6.54 Å². The summed E-state index contributed by atoms with van der Waals surface area (Å²) in [5.41, 5.74) is 2.84. The summed E-state index contributed by atoms with van der Waals surface area (Å²) in [6.07, 6.45) is 11.9. The summed E-state index contributed by atoms with van der Waals surface area (Å²) >= 11 is 1.81. The zero-order valence-corrected chi connectivity index (χ0v) is 23.4. The van der Waals surface area contributed by atoms with Crippen molar-refractivity contribution in [2.75, 3.05) is 26.7 Å². The van der Waals surface area contributed by atoms with Crippen molar-refractivity contribution in [2.45, 2.75) is 65.8 Å². The Morgan fingerprint density at radius 3 is 2.64 bits per heavy atom. The van der Waals surface area contributed by atoms with Crippen LogP contribution in [0.4, 0.5) is 0 Å². The molecule has 0 amide bonds. The zero-order valence-electron chi connectivity index (χ0n) is 22.5. The highest BCUT2D eigenvalue weighted by atomic mass is 32.1. The average molecular weight is 508 g/mol. The molecule has 0 bridgehead atoms. The van der Waals surface area contributed by atoms with Gasteiger partial charge in [-0.25, -0.2) is 4.98 Å². The molecule has 5 nitrogen and oxygen atoms in total. The molecule has 1 aliphatic rings. The van der Waals surface area contributed by atoms with E-state index in [0.717, 1.165) is 73.4 Å². The van der Waals surface area contributed by atoms with Gasteiger partial charge in [0.1, 0.15) is 5.75 Å². The molecular weight excluding hydrogens is 466 g/mol. The van der Waals surface area contributed by atoms with Gasteiger partial charge >= 0.3 is 0 Å². The SMILES string of the molecule is C=Cc1nc(C2CCN(CCCn3cc(C(=O)CC)c4cccc(OC)c43)CC2)sc1/C=C\C.CC. The van der Waals surface area contributed by atoms with Gasteiger partial charge in [-0.1, -0.05) is 45.6 Å². The lowest BCUT2D eigenvalue weighted by Gasteiger charge is -2.31. The molecule has 3 aromatic rings. The van der Waals surface area contributed by atoms with Crippen LogP contribution in [0.25, 0.3) is 23.1 Å². The average Bonchev–Trinajstić information content (AvgIpc) is 3.51. The number of nitrogens with zero attached hydrogens (tertiary/aromatic N) is 3. The fraction of sp³-hybridized carbons (Fsp3) is 0.467. The van der Waals surface area contributed by atoms with Crippen LogP contribution in [0.3, 0.4) is 0 Å². The number of ketones is 1. The van der Waals surface area contributed by atoms with Gasteiger partial charge in [0.05, 0.1) is 28.2 Å². The number of likely N-dealkylation sites (tertiary alicyclic amines) is 1. The monoisotopic (exact) mass is 507 g/mol. The summed E-state index contributed by atoms with van der Waals surface area (Å²) in [6, 6.07) is 5.96. The Bertz CT molecular complexity index is 1180. The highest BCUT2D eigenvalue weighted by molar-refractivity contribution is 7.12. The number of methoxy groups -OCH3 is 1. The molecule has 1 fully saturated rings. The molecule has 6 heteroatoms. The second-order valence-electron chi connectivity index (χ2n) is 8.84. The lowest BCUT2D eigenvalue weighted by Crippen LogP contribution is -2.34. The number of para-hydroxylation sites is 1. The number of thiazole rings is 1. The van der Waals surface area contributed by atoms with Crippen molar-refractivity contribution < 1.29 is 9.53 Å². The standard InChI is InChI=1S/C28H35N3O2S.C2H6/c1-5-10-26-23(6-2)29-28(34-26)20-13-17-30(18-14-20)15-9-16-31-19-22(24(32)7-3)21-11-8-12-25(33-4)27(21)31;1-2/h5-6,8,10-12,19-20H,2,7,9,13-18H2,1,3-4H3;1-2H3/b10-5-;. The second kappa shape index (κ2) is 13.6. The van der Waals surface area contributed by atoms with E-state index in [9.17, 15) is 4.79 Å². The van der Waals surface area contributed by atoms with Crippen molar-refractivity contribution in [1.82, 2.24) is 14.5 Å². The van der Waals surface area contributed by atoms with E-state index < -0.39 is 0 Å². The molecule has 0 N–H and O–H groups in total. The van der Waals surface area contributed by atoms with E-state index in [-0.39, 0.29) is 5.78 Å². The van der Waals surface area contributed by atoms with Crippen LogP contribution >= 0.6 is 11.3 Å². The maximum absolute atomic E-state index is 12.5. The lowest BCUT2D eigenvalue weighted by molar-refractivity contribution is 0.0989. The Hall–Kier alpha value is -2.70. The van der Waals surface area contributed by atoms with Gasteiger partial charge in [-0.2, -0.15) is 0 Å². The summed E-state index contributed by atoms with van der Waals surface area (Å²) < 4.78 is 7.83. The highest BCUT2D eigenvalue weighted by Gasteiger charge is 2.24. The Kier molecular flexibility index (Phi) is 10.5. The van der Waals surface area contributed by atoms with Gasteiger partial charge in [0.15, 0.2) is 5.78 Å². The third-order valence-electron chi connectivity index (χ3n) is 6.72. The number of aromatic nitrogens is 2. The normalized spacial score (nSPS) is 14.7. The lowest BCUT2D eigenvalue weighted by atomic mass is 9.97. The molecule has 0 aliphatic carbocycles. The van der Waals surface area contributed by atoms with Gasteiger partial charge in [-0.15, -0.1) is 11.3 Å². The number of ether oxygens (including phenoxy) is 1. The summed E-state index contributed by atoms with van der Waals surface area (Å²) in [5.74, 6) is 1.55. The predicted octanol–water partition coefficient (Wildman–Crippen LogP) is 7.67. The first-order chi connectivity index (χ1) is 17.6. The fourth-order valence-electron chi connectivity index (χ4n) is 4.90. The van der Waals surface area contributed by atoms with E-state index in [1.54, 1.807) is 7.11 Å². The Morgan fingerprint density at radius 2 is 2.00 bits per heavy atom. The molecule has 1 aliphatic heterocycles. The number of aryl methyl sites for hydroxylation is 1. The molecule has 1 aromatic carbocycles. The minimum atomic E-state index is 0.179. The summed E-state index contributed by atoms with van der Waals surface area (Å²) in [5, 5.41) is 2.24. The van der Waals surface area contributed by atoms with Crippen LogP contribution in [0.15, 0.2) is 37.1 Å². The Labute approximate surface area is 220 Å². The molecule has 0 spiro atoms. The first-order valence-corrected chi connectivity index (χ1v) is 14.1. The van der Waals surface area contributed by atoms with Gasteiger partial charge in [0.25, 0.3) is 0 Å². The van der Waals surface area contributed by atoms with E-state index in [1.165, 1.54) is 9.88 Å². The summed E-state index contributed by atoms with van der Waals surface area (Å²) in [4.78, 5) is 21.1. The molecule has 0 radical (unpaired) electrons. The minimum absolute atomic E-state index is 0.179. The molecule has 3 heterocycles. The summed E-state index contributed by atoms with van der Waals surface area (Å²) in [7, 11) is 1.69. The molecule has 0 atom stereocenters. The predicted molar refractivity (Wildman–Crippen MR) is 154 cm³/mol. The van der Waals surface area contributed by atoms with E-state index in [0.29, 0.717) is 12.3 Å². The third-order valence-corrected chi connectivity index (χ3v) is 7.92. The van der Waals surface area contributed by atoms with Crippen molar-refractivity contribution in [3.05, 3.63) is 58.2 Å². The second-order valence-corrected chi connectivity index (χ2v) is 9.91. The third kappa shape index (κ3) is 6.16. The van der Waals surface area contributed by atoms with Crippen LogP contribution in [0, 0.1) is 0 Å². The molecule has 194 valence electrons. The summed E-state index contributed by atoms with van der Waals surface area (Å²) in [6.45, 7) is 16.0. The van der Waals surface area contributed by atoms with Gasteiger partial charge in [0.2, 0.25) is 0 Å². The first kappa shape index (κ1) is 27.9. The number of hydrogen-bond donors (Lipinski definition) is 0. The van der Waals surface area contributed by atoms with Crippen molar-refractivity contribution in [3.8, 4) is 5.75 Å². The van der Waals surface area contributed by atoms with Crippen molar-refractivity contribution >= 4 is 40.2 Å². The molecular formula is C30H41N3O2S. The largest absolute Gasteiger partial charge is 0.495 e. The Balaban J connectivity index is 0.00000176. The number of piperidine rings is 1. The van der Waals surface area contributed by atoms with Crippen LogP contribution < -0.4 is 4.74 Å². The number of fused-ring (bicyclic) bond motifs is 1. The van der Waals surface area contributed by atoms with Crippen LogP contribution in [0.5, 0.6) is 5.75 Å². The van der Waals surface area contributed by atoms with Crippen molar-refractivity contribution in [3.63, 3.8) is 0 Å². The maximum Gasteiger partial charge on any atom is 0.164 e. The zero-order chi connectivity index (χ0) is 26.1. The van der Waals surface area contributed by atoms with Gasteiger partial charge in [-0.05, 0) is 64.0 Å². The molecule has 0 saturated carbocycles. The Morgan fingerprint density at radius 1 is 1.25 bits per heavy atom. The first-order valence-electron chi connectivity index (χ1n) is 13.3. The number of hydrogen-bond acceptors (Lipinski definition) is 5. The molecule has 36 heavy (non-hydrogen) atoms. The van der Waals surface area contributed by atoms with Crippen molar-refractivity contribution in [2.24, 2.45) is 0 Å². The number of carbonyl (C=O) groups excluding carboxylic acids is 1.